The van der Waals surface area contributed by atoms with Crippen molar-refractivity contribution in [3.63, 3.8) is 0 Å². The van der Waals surface area contributed by atoms with Crippen LogP contribution in [0.3, 0.4) is 0 Å². The minimum absolute atomic E-state index is 0.0669. The van der Waals surface area contributed by atoms with Crippen LogP contribution in [-0.4, -0.2) is 43.3 Å². The van der Waals surface area contributed by atoms with Gasteiger partial charge >= 0.3 is 0 Å². The number of H-pyrrole nitrogens is 1. The summed E-state index contributed by atoms with van der Waals surface area (Å²) in [7, 11) is 0. The topological polar surface area (TPSA) is 78.1 Å². The van der Waals surface area contributed by atoms with Crippen LogP contribution in [0.2, 0.25) is 0 Å². The summed E-state index contributed by atoms with van der Waals surface area (Å²) < 4.78 is 0. The van der Waals surface area contributed by atoms with Crippen molar-refractivity contribution in [2.24, 2.45) is 0 Å². The number of aromatic nitrogens is 2. The molecule has 114 valence electrons. The first kappa shape index (κ1) is 13.6. The van der Waals surface area contributed by atoms with Gasteiger partial charge < -0.3 is 9.88 Å². The minimum Gasteiger partial charge on any atom is -0.324 e. The zero-order valence-corrected chi connectivity index (χ0v) is 12.9. The molecule has 0 bridgehead atoms. The van der Waals surface area contributed by atoms with E-state index >= 15 is 0 Å². The molecule has 0 radical (unpaired) electrons. The zero-order chi connectivity index (χ0) is 15.3. The van der Waals surface area contributed by atoms with Crippen molar-refractivity contribution in [2.75, 3.05) is 11.1 Å². The van der Waals surface area contributed by atoms with E-state index in [4.69, 9.17) is 0 Å². The number of aromatic amines is 1. The lowest BCUT2D eigenvalue weighted by atomic mass is 10.2. The third kappa shape index (κ3) is 1.99. The zero-order valence-electron chi connectivity index (χ0n) is 12.1. The van der Waals surface area contributed by atoms with Crippen molar-refractivity contribution in [3.05, 3.63) is 24.3 Å². The number of para-hydroxylation sites is 2. The van der Waals surface area contributed by atoms with Crippen LogP contribution < -0.4 is 5.32 Å². The van der Waals surface area contributed by atoms with Crippen molar-refractivity contribution in [3.8, 4) is 0 Å². The first-order valence-electron chi connectivity index (χ1n) is 7.29. The molecular weight excluding hydrogens is 300 g/mol. The van der Waals surface area contributed by atoms with E-state index < -0.39 is 6.04 Å². The number of amides is 2. The Bertz CT molecular complexity index is 741. The lowest BCUT2D eigenvalue weighted by Gasteiger charge is -2.29. The van der Waals surface area contributed by atoms with Crippen LogP contribution in [0, 0.1) is 0 Å². The highest BCUT2D eigenvalue weighted by molar-refractivity contribution is 8.01. The van der Waals surface area contributed by atoms with Gasteiger partial charge in [0.15, 0.2) is 0 Å². The Hall–Kier alpha value is -2.02. The number of imidazole rings is 1. The van der Waals surface area contributed by atoms with Crippen LogP contribution in [0.1, 0.15) is 19.8 Å². The Balaban J connectivity index is 1.56. The molecule has 0 spiro atoms. The lowest BCUT2D eigenvalue weighted by Crippen LogP contribution is -2.48. The maximum Gasteiger partial charge on any atom is 0.250 e. The van der Waals surface area contributed by atoms with E-state index in [-0.39, 0.29) is 16.7 Å². The number of carbonyl (C=O) groups is 2. The van der Waals surface area contributed by atoms with E-state index in [1.807, 2.05) is 31.2 Å². The first-order chi connectivity index (χ1) is 10.6. The van der Waals surface area contributed by atoms with Crippen molar-refractivity contribution < 1.29 is 9.59 Å². The maximum atomic E-state index is 12.5. The SMILES string of the molecule is CC12CCC(=O)N1C(C(=O)Nc1nc3ccccc3[nH]1)CS2. The summed E-state index contributed by atoms with van der Waals surface area (Å²) in [6.07, 6.45) is 1.34. The van der Waals surface area contributed by atoms with E-state index in [0.29, 0.717) is 18.1 Å². The summed E-state index contributed by atoms with van der Waals surface area (Å²) in [6.45, 7) is 2.04. The number of rotatable bonds is 2. The molecule has 2 saturated heterocycles. The second kappa shape index (κ2) is 4.74. The molecule has 0 aliphatic carbocycles. The standard InChI is InChI=1S/C15H16N4O2S/c1-15-7-6-12(20)19(15)11(8-22-15)13(21)18-14-16-9-4-2-3-5-10(9)17-14/h2-5,11H,6-8H2,1H3,(H2,16,17,18,21). The van der Waals surface area contributed by atoms with Crippen LogP contribution in [0.25, 0.3) is 11.0 Å². The van der Waals surface area contributed by atoms with Crippen molar-refractivity contribution in [1.29, 1.82) is 0 Å². The summed E-state index contributed by atoms with van der Waals surface area (Å²) in [6, 6.07) is 7.18. The second-order valence-corrected chi connectivity index (χ2v) is 7.36. The van der Waals surface area contributed by atoms with Crippen molar-refractivity contribution in [2.45, 2.75) is 30.7 Å². The van der Waals surface area contributed by atoms with Crippen molar-refractivity contribution in [1.82, 2.24) is 14.9 Å². The normalized spacial score (nSPS) is 27.4. The molecule has 2 amide bonds. The van der Waals surface area contributed by atoms with Gasteiger partial charge in [-0.1, -0.05) is 12.1 Å². The monoisotopic (exact) mass is 316 g/mol. The molecule has 2 aliphatic rings. The van der Waals surface area contributed by atoms with Crippen LogP contribution >= 0.6 is 11.8 Å². The van der Waals surface area contributed by atoms with Gasteiger partial charge in [0.05, 0.1) is 15.9 Å². The number of hydrogen-bond donors (Lipinski definition) is 2. The fourth-order valence-electron chi connectivity index (χ4n) is 3.23. The largest absolute Gasteiger partial charge is 0.324 e. The molecule has 4 rings (SSSR count). The van der Waals surface area contributed by atoms with Gasteiger partial charge in [0, 0.05) is 12.2 Å². The van der Waals surface area contributed by atoms with E-state index in [9.17, 15) is 9.59 Å². The highest BCUT2D eigenvalue weighted by Crippen LogP contribution is 2.47. The number of thioether (sulfide) groups is 1. The van der Waals surface area contributed by atoms with E-state index in [1.165, 1.54) is 0 Å². The molecule has 7 heteroatoms. The Labute approximate surface area is 131 Å². The third-order valence-electron chi connectivity index (χ3n) is 4.38. The Kier molecular flexibility index (Phi) is 2.94. The molecule has 2 aliphatic heterocycles. The molecule has 3 heterocycles. The predicted octanol–water partition coefficient (Wildman–Crippen LogP) is 1.96. The second-order valence-electron chi connectivity index (χ2n) is 5.86. The smallest absolute Gasteiger partial charge is 0.250 e. The summed E-state index contributed by atoms with van der Waals surface area (Å²) in [5.74, 6) is 0.952. The molecular formula is C15H16N4O2S. The summed E-state index contributed by atoms with van der Waals surface area (Å²) in [4.78, 5) is 33.6. The molecule has 2 aromatic rings. The van der Waals surface area contributed by atoms with Crippen molar-refractivity contribution >= 4 is 40.6 Å². The van der Waals surface area contributed by atoms with Gasteiger partial charge in [0.1, 0.15) is 6.04 Å². The number of hydrogen-bond acceptors (Lipinski definition) is 4. The van der Waals surface area contributed by atoms with Gasteiger partial charge in [0.25, 0.3) is 0 Å². The minimum atomic E-state index is -0.418. The summed E-state index contributed by atoms with van der Waals surface area (Å²) >= 11 is 1.68. The molecule has 1 aromatic carbocycles. The van der Waals surface area contributed by atoms with Crippen LogP contribution in [-0.2, 0) is 9.59 Å². The van der Waals surface area contributed by atoms with Crippen LogP contribution in [0.5, 0.6) is 0 Å². The fourth-order valence-corrected chi connectivity index (χ4v) is 4.66. The highest BCUT2D eigenvalue weighted by atomic mass is 32.2. The van der Waals surface area contributed by atoms with Gasteiger partial charge in [0.2, 0.25) is 17.8 Å². The molecule has 22 heavy (non-hydrogen) atoms. The van der Waals surface area contributed by atoms with E-state index in [1.54, 1.807) is 16.7 Å². The predicted molar refractivity (Wildman–Crippen MR) is 85.5 cm³/mol. The highest BCUT2D eigenvalue weighted by Gasteiger charge is 2.52. The fraction of sp³-hybridized carbons (Fsp3) is 0.400. The van der Waals surface area contributed by atoms with Gasteiger partial charge in [-0.15, -0.1) is 11.8 Å². The third-order valence-corrected chi connectivity index (χ3v) is 5.88. The maximum absolute atomic E-state index is 12.5. The number of benzene rings is 1. The summed E-state index contributed by atoms with van der Waals surface area (Å²) in [5, 5.41) is 2.81. The molecule has 2 fully saturated rings. The van der Waals surface area contributed by atoms with E-state index in [2.05, 4.69) is 15.3 Å². The first-order valence-corrected chi connectivity index (χ1v) is 8.27. The number of anilines is 1. The molecule has 0 saturated carbocycles. The lowest BCUT2D eigenvalue weighted by molar-refractivity contribution is -0.135. The Morgan fingerprint density at radius 3 is 3.14 bits per heavy atom. The number of nitrogens with one attached hydrogen (secondary N) is 2. The number of nitrogens with zero attached hydrogens (tertiary/aromatic N) is 2. The average Bonchev–Trinajstić information content (AvgIpc) is 3.12. The van der Waals surface area contributed by atoms with Gasteiger partial charge in [-0.05, 0) is 25.5 Å². The van der Waals surface area contributed by atoms with Gasteiger partial charge in [-0.2, -0.15) is 0 Å². The molecule has 6 nitrogen and oxygen atoms in total. The Morgan fingerprint density at radius 1 is 1.50 bits per heavy atom. The van der Waals surface area contributed by atoms with Crippen LogP contribution in [0.4, 0.5) is 5.95 Å². The molecule has 1 aromatic heterocycles. The number of carbonyl (C=O) groups excluding carboxylic acids is 2. The number of fused-ring (bicyclic) bond motifs is 2. The average molecular weight is 316 g/mol. The molecule has 2 N–H and O–H groups in total. The Morgan fingerprint density at radius 2 is 2.32 bits per heavy atom. The molecule has 2 unspecified atom stereocenters. The quantitative estimate of drug-likeness (QED) is 0.888. The van der Waals surface area contributed by atoms with Gasteiger partial charge in [-0.25, -0.2) is 4.98 Å². The van der Waals surface area contributed by atoms with Crippen LogP contribution in [0.15, 0.2) is 24.3 Å². The van der Waals surface area contributed by atoms with Gasteiger partial charge in [-0.3, -0.25) is 14.9 Å². The summed E-state index contributed by atoms with van der Waals surface area (Å²) in [5.41, 5.74) is 1.68. The van der Waals surface area contributed by atoms with E-state index in [0.717, 1.165) is 17.5 Å². The molecule has 2 atom stereocenters.